The number of carbonyl (C=O) groups excluding carboxylic acids is 2. The summed E-state index contributed by atoms with van der Waals surface area (Å²) in [5.74, 6) is 0.0704. The minimum atomic E-state index is 0.0704. The van der Waals surface area contributed by atoms with Gasteiger partial charge in [0.05, 0.1) is 9.75 Å². The molecule has 76 valence electrons. The Bertz CT molecular complexity index is 508. The zero-order valence-corrected chi connectivity index (χ0v) is 9.65. The smallest absolute Gasteiger partial charge is 0.170 e. The lowest BCUT2D eigenvalue weighted by molar-refractivity contribution is 0.102. The van der Waals surface area contributed by atoms with Gasteiger partial charge >= 0.3 is 0 Å². The number of ketones is 1. The van der Waals surface area contributed by atoms with Crippen molar-refractivity contribution in [3.05, 3.63) is 33.3 Å². The molecular formula is C11H8O2S2. The molecule has 15 heavy (non-hydrogen) atoms. The Hall–Kier alpha value is -1.26. The number of aldehydes is 1. The Labute approximate surface area is 95.2 Å². The number of hydrogen-bond acceptors (Lipinski definition) is 4. The lowest BCUT2D eigenvalue weighted by Gasteiger charge is -1.95. The zero-order chi connectivity index (χ0) is 10.8. The SMILES string of the molecule is CC(=O)c1sccc1-c1ccc(C=O)s1. The molecule has 0 saturated carbocycles. The molecule has 0 aliphatic rings. The van der Waals surface area contributed by atoms with E-state index >= 15 is 0 Å². The number of carbonyl (C=O) groups is 2. The summed E-state index contributed by atoms with van der Waals surface area (Å²) in [5, 5.41) is 1.90. The van der Waals surface area contributed by atoms with E-state index in [0.29, 0.717) is 4.88 Å². The van der Waals surface area contributed by atoms with Gasteiger partial charge in [-0.25, -0.2) is 0 Å². The molecule has 2 aromatic rings. The summed E-state index contributed by atoms with van der Waals surface area (Å²) in [6, 6.07) is 5.57. The average molecular weight is 236 g/mol. The second kappa shape index (κ2) is 4.08. The van der Waals surface area contributed by atoms with Crippen LogP contribution in [0.5, 0.6) is 0 Å². The summed E-state index contributed by atoms with van der Waals surface area (Å²) in [6.45, 7) is 1.56. The lowest BCUT2D eigenvalue weighted by Crippen LogP contribution is -1.88. The molecule has 0 amide bonds. The molecule has 0 aliphatic carbocycles. The molecule has 0 radical (unpaired) electrons. The maximum absolute atomic E-state index is 11.3. The first-order valence-corrected chi connectivity index (χ1v) is 6.06. The van der Waals surface area contributed by atoms with Crippen LogP contribution in [-0.2, 0) is 0 Å². The molecule has 4 heteroatoms. The quantitative estimate of drug-likeness (QED) is 0.604. The van der Waals surface area contributed by atoms with Crippen LogP contribution in [0.25, 0.3) is 10.4 Å². The van der Waals surface area contributed by atoms with Gasteiger partial charge in [0, 0.05) is 10.4 Å². The van der Waals surface area contributed by atoms with Crippen molar-refractivity contribution in [1.29, 1.82) is 0 Å². The van der Waals surface area contributed by atoms with Crippen molar-refractivity contribution in [1.82, 2.24) is 0 Å². The molecule has 2 heterocycles. The normalized spacial score (nSPS) is 10.2. The van der Waals surface area contributed by atoms with E-state index in [1.165, 1.54) is 22.7 Å². The lowest BCUT2D eigenvalue weighted by atomic mass is 10.2. The van der Waals surface area contributed by atoms with E-state index in [2.05, 4.69) is 0 Å². The highest BCUT2D eigenvalue weighted by Gasteiger charge is 2.12. The third-order valence-electron chi connectivity index (χ3n) is 1.99. The van der Waals surface area contributed by atoms with Crippen molar-refractivity contribution in [2.75, 3.05) is 0 Å². The van der Waals surface area contributed by atoms with Gasteiger partial charge in [-0.05, 0) is 30.5 Å². The summed E-state index contributed by atoms with van der Waals surface area (Å²) < 4.78 is 0. The standard InChI is InChI=1S/C11H8O2S2/c1-7(13)11-9(4-5-14-11)10-3-2-8(6-12)15-10/h2-6H,1H3. The summed E-state index contributed by atoms with van der Waals surface area (Å²) in [7, 11) is 0. The van der Waals surface area contributed by atoms with Gasteiger partial charge in [0.2, 0.25) is 0 Å². The Morgan fingerprint density at radius 3 is 2.73 bits per heavy atom. The Balaban J connectivity index is 2.48. The van der Waals surface area contributed by atoms with Crippen molar-refractivity contribution in [2.24, 2.45) is 0 Å². The maximum atomic E-state index is 11.3. The van der Waals surface area contributed by atoms with E-state index < -0.39 is 0 Å². The van der Waals surface area contributed by atoms with Crippen LogP contribution in [0, 0.1) is 0 Å². The van der Waals surface area contributed by atoms with Gasteiger partial charge in [-0.2, -0.15) is 0 Å². The number of Topliss-reactive ketones (excluding diaryl/α,β-unsaturated/α-hetero) is 1. The van der Waals surface area contributed by atoms with Crippen LogP contribution in [-0.4, -0.2) is 12.1 Å². The van der Waals surface area contributed by atoms with Crippen LogP contribution in [0.15, 0.2) is 23.6 Å². The van der Waals surface area contributed by atoms with Crippen molar-refractivity contribution >= 4 is 34.7 Å². The molecule has 0 spiro atoms. The van der Waals surface area contributed by atoms with E-state index in [1.807, 2.05) is 17.5 Å². The zero-order valence-electron chi connectivity index (χ0n) is 8.02. The molecule has 0 bridgehead atoms. The second-order valence-corrected chi connectivity index (χ2v) is 5.07. The van der Waals surface area contributed by atoms with Gasteiger partial charge in [0.15, 0.2) is 12.1 Å². The van der Waals surface area contributed by atoms with Gasteiger partial charge in [0.25, 0.3) is 0 Å². The van der Waals surface area contributed by atoms with Crippen LogP contribution < -0.4 is 0 Å². The average Bonchev–Trinajstić information content (AvgIpc) is 2.85. The van der Waals surface area contributed by atoms with E-state index in [9.17, 15) is 9.59 Å². The maximum Gasteiger partial charge on any atom is 0.170 e. The first-order valence-electron chi connectivity index (χ1n) is 4.36. The van der Waals surface area contributed by atoms with Crippen LogP contribution in [0.2, 0.25) is 0 Å². The Kier molecular flexibility index (Phi) is 2.79. The fourth-order valence-electron chi connectivity index (χ4n) is 1.34. The predicted octanol–water partition coefficient (Wildman–Crippen LogP) is 3.49. The minimum Gasteiger partial charge on any atom is -0.297 e. The fraction of sp³-hybridized carbons (Fsp3) is 0.0909. The fourth-order valence-corrected chi connectivity index (χ4v) is 3.07. The molecule has 2 rings (SSSR count). The van der Waals surface area contributed by atoms with Crippen LogP contribution in [0.1, 0.15) is 26.3 Å². The molecule has 0 saturated heterocycles. The van der Waals surface area contributed by atoms with Crippen LogP contribution in [0.4, 0.5) is 0 Å². The van der Waals surface area contributed by atoms with Crippen molar-refractivity contribution in [3.8, 4) is 10.4 Å². The van der Waals surface area contributed by atoms with Crippen LogP contribution >= 0.6 is 22.7 Å². The first kappa shape index (κ1) is 10.3. The van der Waals surface area contributed by atoms with Crippen molar-refractivity contribution in [2.45, 2.75) is 6.92 Å². The summed E-state index contributed by atoms with van der Waals surface area (Å²) in [5.41, 5.74) is 0.936. The van der Waals surface area contributed by atoms with Crippen LogP contribution in [0.3, 0.4) is 0 Å². The Morgan fingerprint density at radius 1 is 1.33 bits per heavy atom. The van der Waals surface area contributed by atoms with Gasteiger partial charge in [-0.3, -0.25) is 9.59 Å². The summed E-state index contributed by atoms with van der Waals surface area (Å²) in [6.07, 6.45) is 0.827. The van der Waals surface area contributed by atoms with Gasteiger partial charge in [-0.1, -0.05) is 0 Å². The molecule has 0 N–H and O–H groups in total. The van der Waals surface area contributed by atoms with E-state index in [1.54, 1.807) is 13.0 Å². The highest BCUT2D eigenvalue weighted by molar-refractivity contribution is 7.18. The highest BCUT2D eigenvalue weighted by atomic mass is 32.1. The highest BCUT2D eigenvalue weighted by Crippen LogP contribution is 2.33. The van der Waals surface area contributed by atoms with E-state index in [0.717, 1.165) is 21.6 Å². The third-order valence-corrected chi connectivity index (χ3v) is 4.05. The summed E-state index contributed by atoms with van der Waals surface area (Å²) >= 11 is 2.85. The number of hydrogen-bond donors (Lipinski definition) is 0. The second-order valence-electron chi connectivity index (χ2n) is 3.04. The molecule has 0 fully saturated rings. The van der Waals surface area contributed by atoms with Crippen molar-refractivity contribution < 1.29 is 9.59 Å². The predicted molar refractivity (Wildman–Crippen MR) is 63.0 cm³/mol. The van der Waals surface area contributed by atoms with Gasteiger partial charge in [-0.15, -0.1) is 22.7 Å². The monoisotopic (exact) mass is 236 g/mol. The van der Waals surface area contributed by atoms with Crippen molar-refractivity contribution in [3.63, 3.8) is 0 Å². The van der Waals surface area contributed by atoms with Gasteiger partial charge < -0.3 is 0 Å². The molecule has 0 atom stereocenters. The first-order chi connectivity index (χ1) is 7.22. The molecule has 0 aliphatic heterocycles. The van der Waals surface area contributed by atoms with Gasteiger partial charge in [0.1, 0.15) is 0 Å². The molecular weight excluding hydrogens is 228 g/mol. The third kappa shape index (κ3) is 1.91. The minimum absolute atomic E-state index is 0.0704. The molecule has 0 unspecified atom stereocenters. The Morgan fingerprint density at radius 2 is 2.13 bits per heavy atom. The number of thiophene rings is 2. The van der Waals surface area contributed by atoms with E-state index in [-0.39, 0.29) is 5.78 Å². The molecule has 2 aromatic heterocycles. The molecule has 0 aromatic carbocycles. The largest absolute Gasteiger partial charge is 0.297 e. The topological polar surface area (TPSA) is 34.1 Å². The van der Waals surface area contributed by atoms with E-state index in [4.69, 9.17) is 0 Å². The summed E-state index contributed by atoms with van der Waals surface area (Å²) in [4.78, 5) is 24.3. The molecule has 2 nitrogen and oxygen atoms in total. The number of rotatable bonds is 3.